The molecule has 1 rings (SSSR count). The van der Waals surface area contributed by atoms with Gasteiger partial charge in [0.2, 0.25) is 0 Å². The highest BCUT2D eigenvalue weighted by molar-refractivity contribution is 9.09. The number of amides is 1. The lowest BCUT2D eigenvalue weighted by Gasteiger charge is -2.09. The first-order chi connectivity index (χ1) is 7.63. The molecule has 1 heterocycles. The average Bonchev–Trinajstić information content (AvgIpc) is 2.26. The Hall–Kier alpha value is -1.01. The molecule has 16 heavy (non-hydrogen) atoms. The Kier molecular flexibility index (Phi) is 5.34. The van der Waals surface area contributed by atoms with E-state index in [2.05, 4.69) is 26.2 Å². The molecule has 0 aliphatic carbocycles. The second-order valence-corrected chi connectivity index (χ2v) is 4.45. The molecule has 1 atom stereocenters. The topological polar surface area (TPSA) is 51.2 Å². The molecular weight excluding hydrogens is 279 g/mol. The van der Waals surface area contributed by atoms with E-state index in [4.69, 9.17) is 4.74 Å². The SMILES string of the molecule is COCC(Br)CNC(=O)c1cncc(F)c1. The minimum atomic E-state index is -0.528. The predicted molar refractivity (Wildman–Crippen MR) is 61.1 cm³/mol. The van der Waals surface area contributed by atoms with Gasteiger partial charge in [0.25, 0.3) is 5.91 Å². The van der Waals surface area contributed by atoms with Gasteiger partial charge >= 0.3 is 0 Å². The second-order valence-electron chi connectivity index (χ2n) is 3.15. The maximum Gasteiger partial charge on any atom is 0.252 e. The van der Waals surface area contributed by atoms with Gasteiger partial charge in [-0.1, -0.05) is 15.9 Å². The Morgan fingerprint density at radius 3 is 3.06 bits per heavy atom. The Morgan fingerprint density at radius 1 is 1.69 bits per heavy atom. The number of methoxy groups -OCH3 is 1. The van der Waals surface area contributed by atoms with Crippen molar-refractivity contribution in [3.63, 3.8) is 0 Å². The molecule has 1 aromatic rings. The van der Waals surface area contributed by atoms with Crippen molar-refractivity contribution in [2.24, 2.45) is 0 Å². The summed E-state index contributed by atoms with van der Waals surface area (Å²) in [6.45, 7) is 0.894. The average molecular weight is 291 g/mol. The molecule has 0 aromatic carbocycles. The molecule has 0 saturated carbocycles. The van der Waals surface area contributed by atoms with Crippen LogP contribution in [-0.2, 0) is 4.74 Å². The summed E-state index contributed by atoms with van der Waals surface area (Å²) in [6, 6.07) is 1.14. The quantitative estimate of drug-likeness (QED) is 0.833. The normalized spacial score (nSPS) is 12.2. The number of aromatic nitrogens is 1. The van der Waals surface area contributed by atoms with E-state index in [0.717, 1.165) is 12.3 Å². The van der Waals surface area contributed by atoms with E-state index in [9.17, 15) is 9.18 Å². The van der Waals surface area contributed by atoms with E-state index in [1.54, 1.807) is 7.11 Å². The first-order valence-electron chi connectivity index (χ1n) is 4.65. The highest BCUT2D eigenvalue weighted by Gasteiger charge is 2.09. The van der Waals surface area contributed by atoms with Crippen molar-refractivity contribution in [1.29, 1.82) is 0 Å². The van der Waals surface area contributed by atoms with Crippen LogP contribution in [0.2, 0.25) is 0 Å². The molecule has 0 spiro atoms. The highest BCUT2D eigenvalue weighted by atomic mass is 79.9. The Balaban J connectivity index is 2.47. The zero-order chi connectivity index (χ0) is 12.0. The Morgan fingerprint density at radius 2 is 2.44 bits per heavy atom. The third kappa shape index (κ3) is 4.24. The predicted octanol–water partition coefficient (Wildman–Crippen LogP) is 1.36. The van der Waals surface area contributed by atoms with Gasteiger partial charge in [0.05, 0.1) is 23.2 Å². The summed E-state index contributed by atoms with van der Waals surface area (Å²) < 4.78 is 17.7. The number of hydrogen-bond donors (Lipinski definition) is 1. The van der Waals surface area contributed by atoms with Crippen molar-refractivity contribution in [3.8, 4) is 0 Å². The molecule has 1 unspecified atom stereocenters. The number of rotatable bonds is 5. The summed E-state index contributed by atoms with van der Waals surface area (Å²) in [6.07, 6.45) is 2.37. The molecule has 0 saturated heterocycles. The summed E-state index contributed by atoms with van der Waals surface area (Å²) in [5.74, 6) is -0.882. The van der Waals surface area contributed by atoms with Gasteiger partial charge in [-0.3, -0.25) is 9.78 Å². The number of carbonyl (C=O) groups excluding carboxylic acids is 1. The fourth-order valence-corrected chi connectivity index (χ4v) is 1.51. The number of nitrogens with one attached hydrogen (secondary N) is 1. The molecule has 6 heteroatoms. The third-order valence-electron chi connectivity index (χ3n) is 1.80. The zero-order valence-corrected chi connectivity index (χ0v) is 10.3. The van der Waals surface area contributed by atoms with Crippen molar-refractivity contribution < 1.29 is 13.9 Å². The summed E-state index contributed by atoms with van der Waals surface area (Å²) in [5.41, 5.74) is 0.206. The van der Waals surface area contributed by atoms with E-state index in [1.807, 2.05) is 0 Å². The van der Waals surface area contributed by atoms with Crippen molar-refractivity contribution >= 4 is 21.8 Å². The molecule has 1 N–H and O–H groups in total. The standard InChI is InChI=1S/C10H12BrFN2O2/c1-16-6-8(11)4-14-10(15)7-2-9(12)5-13-3-7/h2-3,5,8H,4,6H2,1H3,(H,14,15). The fourth-order valence-electron chi connectivity index (χ4n) is 1.08. The van der Waals surface area contributed by atoms with Gasteiger partial charge in [0, 0.05) is 19.9 Å². The van der Waals surface area contributed by atoms with Crippen LogP contribution in [0.25, 0.3) is 0 Å². The molecule has 4 nitrogen and oxygen atoms in total. The lowest BCUT2D eigenvalue weighted by atomic mass is 10.2. The third-order valence-corrected chi connectivity index (χ3v) is 2.39. The van der Waals surface area contributed by atoms with Crippen molar-refractivity contribution in [2.45, 2.75) is 4.83 Å². The minimum absolute atomic E-state index is 0.0305. The van der Waals surface area contributed by atoms with Crippen LogP contribution in [0.1, 0.15) is 10.4 Å². The molecule has 1 aromatic heterocycles. The maximum absolute atomic E-state index is 12.8. The summed E-state index contributed by atoms with van der Waals surface area (Å²) in [7, 11) is 1.58. The van der Waals surface area contributed by atoms with Gasteiger partial charge in [-0.05, 0) is 6.07 Å². The number of alkyl halides is 1. The minimum Gasteiger partial charge on any atom is -0.383 e. The molecule has 1 amide bonds. The van der Waals surface area contributed by atoms with E-state index in [0.29, 0.717) is 13.2 Å². The second kappa shape index (κ2) is 6.55. The highest BCUT2D eigenvalue weighted by Crippen LogP contribution is 2.02. The number of hydrogen-bond acceptors (Lipinski definition) is 3. The first kappa shape index (κ1) is 13.1. The lowest BCUT2D eigenvalue weighted by molar-refractivity contribution is 0.0949. The van der Waals surface area contributed by atoms with E-state index in [-0.39, 0.29) is 16.3 Å². The van der Waals surface area contributed by atoms with E-state index >= 15 is 0 Å². The van der Waals surface area contributed by atoms with Gasteiger partial charge in [0.1, 0.15) is 5.82 Å². The van der Waals surface area contributed by atoms with Crippen LogP contribution in [0, 0.1) is 5.82 Å². The van der Waals surface area contributed by atoms with Gasteiger partial charge in [-0.15, -0.1) is 0 Å². The van der Waals surface area contributed by atoms with Crippen LogP contribution in [0.15, 0.2) is 18.5 Å². The van der Waals surface area contributed by atoms with Crippen molar-refractivity contribution in [2.75, 3.05) is 20.3 Å². The van der Waals surface area contributed by atoms with E-state index < -0.39 is 5.82 Å². The molecule has 88 valence electrons. The molecule has 0 aliphatic heterocycles. The molecular formula is C10H12BrFN2O2. The van der Waals surface area contributed by atoms with E-state index in [1.165, 1.54) is 6.20 Å². The maximum atomic E-state index is 12.8. The van der Waals surface area contributed by atoms with Crippen LogP contribution in [0.5, 0.6) is 0 Å². The van der Waals surface area contributed by atoms with Crippen molar-refractivity contribution in [3.05, 3.63) is 29.8 Å². The lowest BCUT2D eigenvalue weighted by Crippen LogP contribution is -2.31. The number of carbonyl (C=O) groups is 1. The summed E-state index contributed by atoms with van der Waals surface area (Å²) in [4.78, 5) is 15.2. The summed E-state index contributed by atoms with van der Waals surface area (Å²) >= 11 is 3.32. The van der Waals surface area contributed by atoms with Gasteiger partial charge < -0.3 is 10.1 Å². The van der Waals surface area contributed by atoms with Crippen molar-refractivity contribution in [1.82, 2.24) is 10.3 Å². The van der Waals surface area contributed by atoms with Crippen LogP contribution in [0.4, 0.5) is 4.39 Å². The monoisotopic (exact) mass is 290 g/mol. The molecule has 0 fully saturated rings. The number of halogens is 2. The number of nitrogens with zero attached hydrogens (tertiary/aromatic N) is 1. The van der Waals surface area contributed by atoms with Gasteiger partial charge in [-0.25, -0.2) is 4.39 Å². The summed E-state index contributed by atoms with van der Waals surface area (Å²) in [5, 5.41) is 2.64. The fraction of sp³-hybridized carbons (Fsp3) is 0.400. The van der Waals surface area contributed by atoms with Gasteiger partial charge in [0.15, 0.2) is 0 Å². The van der Waals surface area contributed by atoms with Crippen LogP contribution < -0.4 is 5.32 Å². The molecule has 0 aliphatic rings. The van der Waals surface area contributed by atoms with Crippen LogP contribution in [-0.4, -0.2) is 36.0 Å². The smallest absolute Gasteiger partial charge is 0.252 e. The first-order valence-corrected chi connectivity index (χ1v) is 5.57. The van der Waals surface area contributed by atoms with Crippen LogP contribution in [0.3, 0.4) is 0 Å². The Bertz CT molecular complexity index is 362. The largest absolute Gasteiger partial charge is 0.383 e. The number of pyridine rings is 1. The Labute approximate surface area is 101 Å². The zero-order valence-electron chi connectivity index (χ0n) is 8.74. The van der Waals surface area contributed by atoms with Crippen LogP contribution >= 0.6 is 15.9 Å². The molecule has 0 radical (unpaired) electrons. The van der Waals surface area contributed by atoms with Gasteiger partial charge in [-0.2, -0.15) is 0 Å². The molecule has 0 bridgehead atoms. The number of ether oxygens (including phenoxy) is 1.